The molecule has 0 saturated carbocycles. The summed E-state index contributed by atoms with van der Waals surface area (Å²) in [7, 11) is 0. The lowest BCUT2D eigenvalue weighted by Crippen LogP contribution is -2.57. The van der Waals surface area contributed by atoms with Crippen LogP contribution in [0.5, 0.6) is 0 Å². The van der Waals surface area contributed by atoms with Crippen LogP contribution in [0.3, 0.4) is 0 Å². The molecule has 0 aliphatic heterocycles. The third-order valence-corrected chi connectivity index (χ3v) is 3.92. The van der Waals surface area contributed by atoms with Crippen molar-refractivity contribution < 1.29 is 14.7 Å². The highest BCUT2D eigenvalue weighted by Crippen LogP contribution is 2.30. The molecule has 0 aromatic rings. The zero-order chi connectivity index (χ0) is 15.3. The molecule has 0 heterocycles. The van der Waals surface area contributed by atoms with E-state index in [1.807, 2.05) is 6.92 Å². The zero-order valence-corrected chi connectivity index (χ0v) is 13.0. The van der Waals surface area contributed by atoms with Crippen LogP contribution >= 0.6 is 0 Å². The number of aliphatic carboxylic acids is 1. The fraction of sp³-hybridized carbons (Fsp3) is 0.857. The van der Waals surface area contributed by atoms with E-state index < -0.39 is 16.9 Å². The minimum atomic E-state index is -0.956. The van der Waals surface area contributed by atoms with E-state index >= 15 is 0 Å². The van der Waals surface area contributed by atoms with Crippen molar-refractivity contribution in [1.82, 2.24) is 10.6 Å². The topological polar surface area (TPSA) is 78.4 Å². The molecule has 0 rings (SSSR count). The van der Waals surface area contributed by atoms with E-state index in [-0.39, 0.29) is 18.5 Å². The quantitative estimate of drug-likeness (QED) is 0.629. The summed E-state index contributed by atoms with van der Waals surface area (Å²) < 4.78 is 0. The minimum Gasteiger partial charge on any atom is -0.481 e. The highest BCUT2D eigenvalue weighted by molar-refractivity contribution is 5.79. The molecule has 0 aromatic heterocycles. The predicted molar refractivity (Wildman–Crippen MR) is 76.0 cm³/mol. The average Bonchev–Trinajstić information content (AvgIpc) is 2.26. The summed E-state index contributed by atoms with van der Waals surface area (Å²) >= 11 is 0. The molecule has 0 aromatic carbocycles. The Balaban J connectivity index is 4.39. The maximum Gasteiger partial charge on any atom is 0.310 e. The Kier molecular flexibility index (Phi) is 6.49. The van der Waals surface area contributed by atoms with Gasteiger partial charge in [0, 0.05) is 11.6 Å². The van der Waals surface area contributed by atoms with E-state index in [2.05, 4.69) is 17.6 Å². The Morgan fingerprint density at radius 3 is 2.16 bits per heavy atom. The Hall–Kier alpha value is -1.10. The standard InChI is InChI=1S/C14H28N2O3/c1-7-8-10(2)16-11(17)9-15-14(5,6)13(3,4)12(18)19/h10,15H,7-9H2,1-6H3,(H,16,17)(H,18,19). The van der Waals surface area contributed by atoms with E-state index in [4.69, 9.17) is 0 Å². The average molecular weight is 272 g/mol. The predicted octanol–water partition coefficient (Wildman–Crippen LogP) is 1.77. The van der Waals surface area contributed by atoms with Crippen molar-refractivity contribution in [2.45, 2.75) is 66.0 Å². The molecule has 19 heavy (non-hydrogen) atoms. The number of rotatable bonds is 8. The van der Waals surface area contributed by atoms with Crippen LogP contribution in [-0.2, 0) is 9.59 Å². The molecule has 0 radical (unpaired) electrons. The summed E-state index contributed by atoms with van der Waals surface area (Å²) in [4.78, 5) is 23.0. The number of carboxylic acid groups (broad SMARTS) is 1. The molecule has 1 amide bonds. The van der Waals surface area contributed by atoms with E-state index in [9.17, 15) is 14.7 Å². The molecule has 0 fully saturated rings. The lowest BCUT2D eigenvalue weighted by molar-refractivity contribution is -0.151. The summed E-state index contributed by atoms with van der Waals surface area (Å²) in [5, 5.41) is 15.1. The van der Waals surface area contributed by atoms with Crippen molar-refractivity contribution in [3.63, 3.8) is 0 Å². The van der Waals surface area contributed by atoms with E-state index in [0.717, 1.165) is 12.8 Å². The van der Waals surface area contributed by atoms with Gasteiger partial charge in [-0.2, -0.15) is 0 Å². The first-order chi connectivity index (χ1) is 8.54. The van der Waals surface area contributed by atoms with Gasteiger partial charge in [-0.15, -0.1) is 0 Å². The molecule has 1 atom stereocenters. The third-order valence-electron chi connectivity index (χ3n) is 3.92. The fourth-order valence-corrected chi connectivity index (χ4v) is 1.62. The SMILES string of the molecule is CCCC(C)NC(=O)CNC(C)(C)C(C)(C)C(=O)O. The van der Waals surface area contributed by atoms with Gasteiger partial charge in [-0.25, -0.2) is 0 Å². The van der Waals surface area contributed by atoms with Crippen molar-refractivity contribution in [2.75, 3.05) is 6.54 Å². The first-order valence-electron chi connectivity index (χ1n) is 6.82. The van der Waals surface area contributed by atoms with Crippen LogP contribution in [0.1, 0.15) is 54.4 Å². The normalized spacial score (nSPS) is 14.0. The van der Waals surface area contributed by atoms with E-state index in [0.29, 0.717) is 0 Å². The Morgan fingerprint density at radius 2 is 1.74 bits per heavy atom. The second-order valence-electron chi connectivity index (χ2n) is 6.17. The van der Waals surface area contributed by atoms with E-state index in [1.54, 1.807) is 27.7 Å². The molecule has 0 saturated heterocycles. The maximum absolute atomic E-state index is 11.8. The zero-order valence-electron chi connectivity index (χ0n) is 13.0. The van der Waals surface area contributed by atoms with Crippen molar-refractivity contribution in [1.29, 1.82) is 0 Å². The lowest BCUT2D eigenvalue weighted by Gasteiger charge is -2.39. The minimum absolute atomic E-state index is 0.102. The van der Waals surface area contributed by atoms with Crippen LogP contribution < -0.4 is 10.6 Å². The van der Waals surface area contributed by atoms with Gasteiger partial charge in [-0.3, -0.25) is 9.59 Å². The smallest absolute Gasteiger partial charge is 0.310 e. The van der Waals surface area contributed by atoms with Crippen LogP contribution in [0, 0.1) is 5.41 Å². The second-order valence-corrected chi connectivity index (χ2v) is 6.17. The maximum atomic E-state index is 11.8. The summed E-state index contributed by atoms with van der Waals surface area (Å²) in [6, 6.07) is 0.148. The monoisotopic (exact) mass is 272 g/mol. The Labute approximate surface area is 116 Å². The molecule has 5 heteroatoms. The molecule has 0 aliphatic rings. The molecule has 1 unspecified atom stereocenters. The second kappa shape index (κ2) is 6.89. The van der Waals surface area contributed by atoms with Crippen LogP contribution in [0.2, 0.25) is 0 Å². The van der Waals surface area contributed by atoms with Crippen LogP contribution in [0.4, 0.5) is 0 Å². The summed E-state index contributed by atoms with van der Waals surface area (Å²) in [5.74, 6) is -0.986. The van der Waals surface area contributed by atoms with Crippen molar-refractivity contribution in [3.8, 4) is 0 Å². The Morgan fingerprint density at radius 1 is 1.21 bits per heavy atom. The van der Waals surface area contributed by atoms with Gasteiger partial charge < -0.3 is 15.7 Å². The largest absolute Gasteiger partial charge is 0.481 e. The number of carboxylic acids is 1. The summed E-state index contributed by atoms with van der Waals surface area (Å²) in [5.41, 5.74) is -1.63. The highest BCUT2D eigenvalue weighted by atomic mass is 16.4. The van der Waals surface area contributed by atoms with Gasteiger partial charge in [-0.05, 0) is 41.0 Å². The van der Waals surface area contributed by atoms with Crippen molar-refractivity contribution in [3.05, 3.63) is 0 Å². The van der Waals surface area contributed by atoms with Gasteiger partial charge in [0.05, 0.1) is 12.0 Å². The first-order valence-corrected chi connectivity index (χ1v) is 6.82. The fourth-order valence-electron chi connectivity index (χ4n) is 1.62. The van der Waals surface area contributed by atoms with Gasteiger partial charge in [0.25, 0.3) is 0 Å². The van der Waals surface area contributed by atoms with Crippen LogP contribution in [0.25, 0.3) is 0 Å². The number of amides is 1. The molecule has 112 valence electrons. The third kappa shape index (κ3) is 5.19. The number of hydrogen-bond acceptors (Lipinski definition) is 3. The number of carbonyl (C=O) groups is 2. The van der Waals surface area contributed by atoms with Gasteiger partial charge in [0.1, 0.15) is 0 Å². The highest BCUT2D eigenvalue weighted by Gasteiger charge is 2.43. The first kappa shape index (κ1) is 17.9. The Bertz CT molecular complexity index is 325. The van der Waals surface area contributed by atoms with Crippen LogP contribution in [-0.4, -0.2) is 35.1 Å². The van der Waals surface area contributed by atoms with Gasteiger partial charge in [0.15, 0.2) is 0 Å². The number of hydrogen-bond donors (Lipinski definition) is 3. The van der Waals surface area contributed by atoms with Gasteiger partial charge >= 0.3 is 5.97 Å². The summed E-state index contributed by atoms with van der Waals surface area (Å²) in [6.45, 7) is 11.1. The van der Waals surface area contributed by atoms with Crippen molar-refractivity contribution in [2.24, 2.45) is 5.41 Å². The molecular weight excluding hydrogens is 244 g/mol. The molecular formula is C14H28N2O3. The molecule has 0 aliphatic carbocycles. The molecule has 0 bridgehead atoms. The number of carbonyl (C=O) groups excluding carboxylic acids is 1. The van der Waals surface area contributed by atoms with E-state index in [1.165, 1.54) is 0 Å². The molecule has 0 spiro atoms. The van der Waals surface area contributed by atoms with Gasteiger partial charge in [0.2, 0.25) is 5.91 Å². The molecule has 5 nitrogen and oxygen atoms in total. The lowest BCUT2D eigenvalue weighted by atomic mass is 9.74. The van der Waals surface area contributed by atoms with Crippen molar-refractivity contribution >= 4 is 11.9 Å². The van der Waals surface area contributed by atoms with Gasteiger partial charge in [-0.1, -0.05) is 13.3 Å². The molecule has 3 N–H and O–H groups in total. The van der Waals surface area contributed by atoms with Crippen LogP contribution in [0.15, 0.2) is 0 Å². The number of nitrogens with one attached hydrogen (secondary N) is 2. The summed E-state index contributed by atoms with van der Waals surface area (Å²) in [6.07, 6.45) is 1.96.